The van der Waals surface area contributed by atoms with E-state index in [1.165, 1.54) is 24.3 Å². The summed E-state index contributed by atoms with van der Waals surface area (Å²) in [5.74, 6) is -4.30. The van der Waals surface area contributed by atoms with Crippen molar-refractivity contribution in [2.45, 2.75) is 44.1 Å². The van der Waals surface area contributed by atoms with E-state index in [2.05, 4.69) is 20.2 Å². The van der Waals surface area contributed by atoms with Crippen molar-refractivity contribution in [2.75, 3.05) is 6.54 Å². The molecule has 0 spiro atoms. The number of pyridine rings is 1. The van der Waals surface area contributed by atoms with E-state index in [1.807, 2.05) is 5.32 Å². The van der Waals surface area contributed by atoms with E-state index in [9.17, 15) is 54.2 Å². The van der Waals surface area contributed by atoms with Gasteiger partial charge in [-0.1, -0.05) is 11.6 Å². The Morgan fingerprint density at radius 1 is 1.00 bits per heavy atom. The summed E-state index contributed by atoms with van der Waals surface area (Å²) in [6.07, 6.45) is -18.4. The summed E-state index contributed by atoms with van der Waals surface area (Å²) >= 11 is 5.85. The molecule has 1 atom stereocenters. The van der Waals surface area contributed by atoms with Gasteiger partial charge in [0.1, 0.15) is 12.1 Å². The van der Waals surface area contributed by atoms with Gasteiger partial charge in [-0.05, 0) is 36.4 Å². The lowest BCUT2D eigenvalue weighted by Crippen LogP contribution is -2.37. The number of aliphatic hydroxyl groups excluding tert-OH is 1. The molecule has 0 saturated carbocycles. The summed E-state index contributed by atoms with van der Waals surface area (Å²) in [5.41, 5.74) is -2.57. The van der Waals surface area contributed by atoms with Crippen LogP contribution < -0.4 is 11.0 Å². The zero-order valence-corrected chi connectivity index (χ0v) is 22.9. The third-order valence-corrected chi connectivity index (χ3v) is 6.14. The number of aromatic nitrogens is 7. The predicted molar refractivity (Wildman–Crippen MR) is 135 cm³/mol. The number of aliphatic hydroxyl groups is 1. The molecule has 0 bridgehead atoms. The first-order chi connectivity index (χ1) is 20.8. The Morgan fingerprint density at radius 2 is 1.67 bits per heavy atom. The van der Waals surface area contributed by atoms with Crippen molar-refractivity contribution in [1.29, 1.82) is 0 Å². The standard InChI is InChI=1S/C24H18ClF9N8O3/c25-13-5-3-12(4-6-13)17-39-41(21(45)40(17)10-15(43)24(32,33)34)11-16-37-19(20(44)36-9-7-22(26,27)28)42(38-16)18-14(23(29,30)31)2-1-8-35-18/h1-6,8,15,43H,7,9-11H2,(H,36,44). The minimum Gasteiger partial charge on any atom is -0.382 e. The van der Waals surface area contributed by atoms with Crippen molar-refractivity contribution >= 4 is 17.5 Å². The lowest BCUT2D eigenvalue weighted by Gasteiger charge is -2.15. The van der Waals surface area contributed by atoms with Crippen molar-refractivity contribution in [1.82, 2.24) is 39.4 Å². The van der Waals surface area contributed by atoms with Gasteiger partial charge in [0.25, 0.3) is 5.91 Å². The number of carbonyl (C=O) groups excluding carboxylic acids is 1. The molecule has 0 saturated heterocycles. The minimum absolute atomic E-state index is 0.0798. The molecule has 45 heavy (non-hydrogen) atoms. The number of benzene rings is 1. The number of nitrogens with zero attached hydrogens (tertiary/aromatic N) is 7. The first-order valence-electron chi connectivity index (χ1n) is 12.4. The number of carbonyl (C=O) groups is 1. The van der Waals surface area contributed by atoms with Crippen molar-refractivity contribution < 1.29 is 49.4 Å². The quantitative estimate of drug-likeness (QED) is 0.257. The van der Waals surface area contributed by atoms with Crippen LogP contribution in [0.2, 0.25) is 5.02 Å². The van der Waals surface area contributed by atoms with Crippen molar-refractivity contribution in [3.63, 3.8) is 0 Å². The van der Waals surface area contributed by atoms with E-state index >= 15 is 0 Å². The molecular weight excluding hydrogens is 655 g/mol. The second-order valence-corrected chi connectivity index (χ2v) is 9.63. The summed E-state index contributed by atoms with van der Waals surface area (Å²) in [4.78, 5) is 33.3. The van der Waals surface area contributed by atoms with Gasteiger partial charge in [-0.25, -0.2) is 19.4 Å². The molecule has 21 heteroatoms. The second kappa shape index (κ2) is 12.5. The van der Waals surface area contributed by atoms with Crippen LogP contribution in [0, 0.1) is 0 Å². The van der Waals surface area contributed by atoms with Gasteiger partial charge in [0.05, 0.1) is 13.0 Å². The molecule has 0 aliphatic carbocycles. The molecule has 242 valence electrons. The molecule has 2 N–H and O–H groups in total. The average molecular weight is 673 g/mol. The maximum atomic E-state index is 13.7. The molecule has 0 radical (unpaired) electrons. The maximum Gasteiger partial charge on any atom is 0.420 e. The first-order valence-corrected chi connectivity index (χ1v) is 12.7. The minimum atomic E-state index is -5.13. The van der Waals surface area contributed by atoms with E-state index in [0.717, 1.165) is 12.3 Å². The molecule has 4 rings (SSSR count). The van der Waals surface area contributed by atoms with Crippen LogP contribution in [0.1, 0.15) is 28.4 Å². The van der Waals surface area contributed by atoms with Crippen LogP contribution in [-0.4, -0.2) is 70.1 Å². The third kappa shape index (κ3) is 7.98. The van der Waals surface area contributed by atoms with Crippen LogP contribution in [-0.2, 0) is 19.3 Å². The van der Waals surface area contributed by atoms with E-state index in [4.69, 9.17) is 11.6 Å². The van der Waals surface area contributed by atoms with Crippen LogP contribution in [0.4, 0.5) is 39.5 Å². The zero-order chi connectivity index (χ0) is 33.3. The average Bonchev–Trinajstić information content (AvgIpc) is 3.49. The number of hydrogen-bond acceptors (Lipinski definition) is 7. The Labute approximate surface area is 249 Å². The summed E-state index contributed by atoms with van der Waals surface area (Å²) in [5, 5.41) is 19.5. The third-order valence-electron chi connectivity index (χ3n) is 5.89. The van der Waals surface area contributed by atoms with E-state index in [1.54, 1.807) is 0 Å². The number of halogens is 10. The van der Waals surface area contributed by atoms with Gasteiger partial charge in [-0.3, -0.25) is 9.36 Å². The molecule has 1 unspecified atom stereocenters. The van der Waals surface area contributed by atoms with Gasteiger partial charge in [-0.2, -0.15) is 44.2 Å². The summed E-state index contributed by atoms with van der Waals surface area (Å²) < 4.78 is 120. The topological polar surface area (TPSA) is 133 Å². The normalized spacial score (nSPS) is 13.2. The highest BCUT2D eigenvalue weighted by atomic mass is 35.5. The van der Waals surface area contributed by atoms with Gasteiger partial charge < -0.3 is 10.4 Å². The highest BCUT2D eigenvalue weighted by Crippen LogP contribution is 2.33. The summed E-state index contributed by atoms with van der Waals surface area (Å²) in [6, 6.07) is 6.80. The van der Waals surface area contributed by atoms with Crippen molar-refractivity contribution in [3.8, 4) is 17.2 Å². The smallest absolute Gasteiger partial charge is 0.382 e. The highest BCUT2D eigenvalue weighted by molar-refractivity contribution is 6.30. The van der Waals surface area contributed by atoms with Crippen LogP contribution in [0.15, 0.2) is 47.4 Å². The fourth-order valence-corrected chi connectivity index (χ4v) is 3.96. The lowest BCUT2D eigenvalue weighted by molar-refractivity contribution is -0.207. The SMILES string of the molecule is O=C(NCCC(F)(F)F)c1nc(Cn2nc(-c3ccc(Cl)cc3)n(CC(O)C(F)(F)F)c2=O)nn1-c1ncccc1C(F)(F)F. The summed E-state index contributed by atoms with van der Waals surface area (Å²) in [7, 11) is 0. The molecule has 0 aliphatic heterocycles. The number of amides is 1. The van der Waals surface area contributed by atoms with Crippen molar-refractivity contribution in [3.05, 3.63) is 75.3 Å². The maximum absolute atomic E-state index is 13.7. The Kier molecular flexibility index (Phi) is 9.29. The van der Waals surface area contributed by atoms with Gasteiger partial charge in [0.2, 0.25) is 5.82 Å². The van der Waals surface area contributed by atoms with Crippen LogP contribution >= 0.6 is 11.6 Å². The fourth-order valence-electron chi connectivity index (χ4n) is 3.83. The molecule has 4 aromatic rings. The molecule has 0 aliphatic rings. The Morgan fingerprint density at radius 3 is 2.27 bits per heavy atom. The fraction of sp³-hybridized carbons (Fsp3) is 0.333. The van der Waals surface area contributed by atoms with Gasteiger partial charge >= 0.3 is 24.2 Å². The number of hydrogen-bond donors (Lipinski definition) is 2. The van der Waals surface area contributed by atoms with E-state index < -0.39 is 85.3 Å². The Balaban J connectivity index is 1.80. The monoisotopic (exact) mass is 672 g/mol. The van der Waals surface area contributed by atoms with E-state index in [0.29, 0.717) is 20.0 Å². The number of rotatable bonds is 9. The van der Waals surface area contributed by atoms with Crippen LogP contribution in [0.3, 0.4) is 0 Å². The molecule has 1 amide bonds. The molecule has 0 fully saturated rings. The first kappa shape index (κ1) is 33.4. The Bertz CT molecular complexity index is 1730. The largest absolute Gasteiger partial charge is 0.420 e. The molecule has 3 aromatic heterocycles. The van der Waals surface area contributed by atoms with Crippen LogP contribution in [0.25, 0.3) is 17.2 Å². The van der Waals surface area contributed by atoms with Gasteiger partial charge in [0, 0.05) is 23.3 Å². The van der Waals surface area contributed by atoms with Crippen molar-refractivity contribution in [2.24, 2.45) is 0 Å². The summed E-state index contributed by atoms with van der Waals surface area (Å²) in [6.45, 7) is -3.13. The molecule has 3 heterocycles. The predicted octanol–water partition coefficient (Wildman–Crippen LogP) is 4.01. The Hall–Kier alpha value is -4.46. The van der Waals surface area contributed by atoms with Gasteiger partial charge in [-0.15, -0.1) is 10.2 Å². The van der Waals surface area contributed by atoms with Gasteiger partial charge in [0.15, 0.2) is 23.6 Å². The molecular formula is C24H18ClF9N8O3. The second-order valence-electron chi connectivity index (χ2n) is 9.20. The van der Waals surface area contributed by atoms with Crippen LogP contribution in [0.5, 0.6) is 0 Å². The lowest BCUT2D eigenvalue weighted by atomic mass is 10.2. The van der Waals surface area contributed by atoms with E-state index in [-0.39, 0.29) is 16.4 Å². The number of nitrogens with one attached hydrogen (secondary N) is 1. The number of alkyl halides is 9. The molecule has 11 nitrogen and oxygen atoms in total. The highest BCUT2D eigenvalue weighted by Gasteiger charge is 2.40. The zero-order valence-electron chi connectivity index (χ0n) is 22.1. The molecule has 1 aromatic carbocycles.